The molecule has 0 aromatic heterocycles. The van der Waals surface area contributed by atoms with Crippen molar-refractivity contribution in [1.82, 2.24) is 0 Å². The lowest BCUT2D eigenvalue weighted by atomic mass is 10.0. The summed E-state index contributed by atoms with van der Waals surface area (Å²) in [5.74, 6) is 0.0569. The molecular formula is C16H17BrClN3. The number of anilines is 1. The molecule has 0 bridgehead atoms. The highest BCUT2D eigenvalue weighted by Gasteiger charge is 2.16. The van der Waals surface area contributed by atoms with Gasteiger partial charge in [-0.25, -0.2) is 0 Å². The zero-order valence-electron chi connectivity index (χ0n) is 11.9. The van der Waals surface area contributed by atoms with Crippen molar-refractivity contribution in [1.29, 1.82) is 5.41 Å². The fourth-order valence-electron chi connectivity index (χ4n) is 2.21. The van der Waals surface area contributed by atoms with Gasteiger partial charge in [-0.15, -0.1) is 0 Å². The summed E-state index contributed by atoms with van der Waals surface area (Å²) in [7, 11) is 1.99. The Morgan fingerprint density at radius 1 is 1.24 bits per heavy atom. The van der Waals surface area contributed by atoms with Gasteiger partial charge in [0.25, 0.3) is 0 Å². The molecule has 0 saturated carbocycles. The topological polar surface area (TPSA) is 53.1 Å². The quantitative estimate of drug-likeness (QED) is 0.614. The maximum atomic E-state index is 7.75. The molecule has 21 heavy (non-hydrogen) atoms. The second kappa shape index (κ2) is 6.50. The van der Waals surface area contributed by atoms with Crippen molar-refractivity contribution in [3.8, 4) is 0 Å². The molecule has 3 nitrogen and oxygen atoms in total. The molecule has 110 valence electrons. The van der Waals surface area contributed by atoms with Crippen molar-refractivity contribution in [2.75, 3.05) is 11.9 Å². The lowest BCUT2D eigenvalue weighted by molar-refractivity contribution is 0.739. The molecule has 0 radical (unpaired) electrons. The Hall–Kier alpha value is -1.52. The van der Waals surface area contributed by atoms with Crippen LogP contribution in [0.25, 0.3) is 0 Å². The average molecular weight is 367 g/mol. The minimum Gasteiger partial charge on any atom is -0.384 e. The first-order valence-corrected chi connectivity index (χ1v) is 7.69. The lowest BCUT2D eigenvalue weighted by Gasteiger charge is -2.29. The van der Waals surface area contributed by atoms with E-state index in [1.807, 2.05) is 49.5 Å². The predicted molar refractivity (Wildman–Crippen MR) is 93.4 cm³/mol. The second-order valence-electron chi connectivity index (χ2n) is 4.91. The van der Waals surface area contributed by atoms with Gasteiger partial charge >= 0.3 is 0 Å². The Kier molecular flexibility index (Phi) is 4.91. The van der Waals surface area contributed by atoms with Crippen LogP contribution in [0.5, 0.6) is 0 Å². The van der Waals surface area contributed by atoms with Crippen LogP contribution >= 0.6 is 27.5 Å². The van der Waals surface area contributed by atoms with Crippen molar-refractivity contribution < 1.29 is 0 Å². The molecule has 1 atom stereocenters. The minimum atomic E-state index is 0.0569. The van der Waals surface area contributed by atoms with E-state index < -0.39 is 0 Å². The number of hydrogen-bond acceptors (Lipinski definition) is 2. The predicted octanol–water partition coefficient (Wildman–Crippen LogP) is 4.58. The van der Waals surface area contributed by atoms with Gasteiger partial charge in [0.05, 0.1) is 6.04 Å². The number of amidine groups is 1. The number of rotatable bonds is 4. The molecule has 0 saturated heterocycles. The summed E-state index contributed by atoms with van der Waals surface area (Å²) < 4.78 is 0.906. The molecule has 2 rings (SSSR count). The summed E-state index contributed by atoms with van der Waals surface area (Å²) >= 11 is 9.35. The smallest absolute Gasteiger partial charge is 0.124 e. The van der Waals surface area contributed by atoms with Crippen LogP contribution in [0.3, 0.4) is 0 Å². The van der Waals surface area contributed by atoms with E-state index >= 15 is 0 Å². The third kappa shape index (κ3) is 3.57. The van der Waals surface area contributed by atoms with Crippen molar-refractivity contribution in [3.05, 3.63) is 63.1 Å². The number of nitrogens with two attached hydrogens (primary N) is 1. The molecule has 2 aromatic carbocycles. The summed E-state index contributed by atoms with van der Waals surface area (Å²) in [6, 6.07) is 13.7. The number of halogens is 2. The van der Waals surface area contributed by atoms with Crippen molar-refractivity contribution in [2.45, 2.75) is 13.0 Å². The molecule has 0 spiro atoms. The van der Waals surface area contributed by atoms with Crippen LogP contribution in [0, 0.1) is 5.41 Å². The maximum Gasteiger partial charge on any atom is 0.124 e. The summed E-state index contributed by atoms with van der Waals surface area (Å²) in [4.78, 5) is 2.10. The van der Waals surface area contributed by atoms with E-state index in [1.165, 1.54) is 0 Å². The van der Waals surface area contributed by atoms with Crippen LogP contribution in [0.1, 0.15) is 24.1 Å². The van der Waals surface area contributed by atoms with E-state index in [0.717, 1.165) is 20.7 Å². The molecule has 1 unspecified atom stereocenters. The Morgan fingerprint density at radius 3 is 2.43 bits per heavy atom. The summed E-state index contributed by atoms with van der Waals surface area (Å²) in [6.07, 6.45) is 0. The van der Waals surface area contributed by atoms with Gasteiger partial charge in [0.1, 0.15) is 5.84 Å². The second-order valence-corrected chi connectivity index (χ2v) is 6.27. The summed E-state index contributed by atoms with van der Waals surface area (Å²) in [5, 5.41) is 8.48. The third-order valence-corrected chi connectivity index (χ3v) is 4.31. The van der Waals surface area contributed by atoms with Gasteiger partial charge in [0.2, 0.25) is 0 Å². The van der Waals surface area contributed by atoms with Gasteiger partial charge in [-0.05, 0) is 42.8 Å². The molecule has 0 aliphatic heterocycles. The Balaban J connectivity index is 2.37. The molecule has 0 fully saturated rings. The number of nitrogen functional groups attached to an aromatic ring is 1. The fraction of sp³-hybridized carbons (Fsp3) is 0.188. The van der Waals surface area contributed by atoms with Crippen LogP contribution in [-0.2, 0) is 0 Å². The standard InChI is InChI=1S/C16H17BrClN3/c1-10(11-3-6-13(18)7-4-11)21(2)15-8-5-12(17)9-14(15)16(19)20/h3-10H,1-2H3,(H3,19,20). The molecule has 0 aliphatic rings. The zero-order chi connectivity index (χ0) is 15.6. The van der Waals surface area contributed by atoms with Crippen LogP contribution in [0.2, 0.25) is 5.02 Å². The number of hydrogen-bond donors (Lipinski definition) is 2. The molecule has 0 heterocycles. The average Bonchev–Trinajstić information content (AvgIpc) is 2.46. The molecular weight excluding hydrogens is 350 g/mol. The van der Waals surface area contributed by atoms with Crippen LogP contribution < -0.4 is 10.6 Å². The van der Waals surface area contributed by atoms with E-state index in [4.69, 9.17) is 22.7 Å². The highest BCUT2D eigenvalue weighted by Crippen LogP contribution is 2.30. The van der Waals surface area contributed by atoms with Crippen molar-refractivity contribution in [2.24, 2.45) is 5.73 Å². The van der Waals surface area contributed by atoms with Gasteiger partial charge in [0, 0.05) is 27.8 Å². The summed E-state index contributed by atoms with van der Waals surface area (Å²) in [6.45, 7) is 2.11. The number of nitrogens with one attached hydrogen (secondary N) is 1. The molecule has 0 aliphatic carbocycles. The normalized spacial score (nSPS) is 12.0. The fourth-order valence-corrected chi connectivity index (χ4v) is 2.69. The molecule has 0 amide bonds. The number of nitrogens with zero attached hydrogens (tertiary/aromatic N) is 1. The van der Waals surface area contributed by atoms with Crippen LogP contribution in [0.15, 0.2) is 46.9 Å². The van der Waals surface area contributed by atoms with Gasteiger partial charge in [-0.2, -0.15) is 0 Å². The van der Waals surface area contributed by atoms with Crippen LogP contribution in [-0.4, -0.2) is 12.9 Å². The lowest BCUT2D eigenvalue weighted by Crippen LogP contribution is -2.25. The van der Waals surface area contributed by atoms with Crippen molar-refractivity contribution in [3.63, 3.8) is 0 Å². The first-order valence-electron chi connectivity index (χ1n) is 6.52. The van der Waals surface area contributed by atoms with Gasteiger partial charge in [0.15, 0.2) is 0 Å². The Labute approximate surface area is 138 Å². The van der Waals surface area contributed by atoms with E-state index in [9.17, 15) is 0 Å². The first-order chi connectivity index (χ1) is 9.90. The van der Waals surface area contributed by atoms with E-state index in [0.29, 0.717) is 5.56 Å². The van der Waals surface area contributed by atoms with E-state index in [2.05, 4.69) is 27.8 Å². The van der Waals surface area contributed by atoms with E-state index in [-0.39, 0.29) is 11.9 Å². The zero-order valence-corrected chi connectivity index (χ0v) is 14.2. The van der Waals surface area contributed by atoms with Crippen LogP contribution in [0.4, 0.5) is 5.69 Å². The van der Waals surface area contributed by atoms with E-state index in [1.54, 1.807) is 0 Å². The first kappa shape index (κ1) is 15.9. The largest absolute Gasteiger partial charge is 0.384 e. The highest BCUT2D eigenvalue weighted by molar-refractivity contribution is 9.10. The van der Waals surface area contributed by atoms with Crippen molar-refractivity contribution >= 4 is 39.1 Å². The van der Waals surface area contributed by atoms with Gasteiger partial charge in [-0.3, -0.25) is 5.41 Å². The monoisotopic (exact) mass is 365 g/mol. The Bertz CT molecular complexity index is 655. The summed E-state index contributed by atoms with van der Waals surface area (Å²) in [5.41, 5.74) is 8.49. The highest BCUT2D eigenvalue weighted by atomic mass is 79.9. The SMILES string of the molecule is CC(c1ccc(Cl)cc1)N(C)c1ccc(Br)cc1C(=N)N. The van der Waals surface area contributed by atoms with Gasteiger partial charge < -0.3 is 10.6 Å². The maximum absolute atomic E-state index is 7.75. The third-order valence-electron chi connectivity index (χ3n) is 3.56. The van der Waals surface area contributed by atoms with Gasteiger partial charge in [-0.1, -0.05) is 39.7 Å². The number of benzene rings is 2. The molecule has 2 aromatic rings. The molecule has 5 heteroatoms. The Morgan fingerprint density at radius 2 is 1.86 bits per heavy atom. The molecule has 3 N–H and O–H groups in total. The minimum absolute atomic E-state index is 0.0569.